The minimum Gasteiger partial charge on any atom is -0.493 e. The molecular formula is C8H14N2O2. The third kappa shape index (κ3) is 1.24. The summed E-state index contributed by atoms with van der Waals surface area (Å²) in [4.78, 5) is 11.1. The lowest BCUT2D eigenvalue weighted by atomic mass is 10.1. The van der Waals surface area contributed by atoms with E-state index in [2.05, 4.69) is 5.10 Å². The van der Waals surface area contributed by atoms with Crippen LogP contribution in [0.1, 0.15) is 26.3 Å². The minimum atomic E-state index is -0.294. The topological polar surface area (TPSA) is 58.0 Å². The van der Waals surface area contributed by atoms with Crippen molar-refractivity contribution in [2.24, 2.45) is 0 Å². The fourth-order valence-corrected chi connectivity index (χ4v) is 0.993. The number of rotatable bonds is 0. The van der Waals surface area contributed by atoms with Crippen LogP contribution < -0.4 is 5.56 Å². The lowest BCUT2D eigenvalue weighted by molar-refractivity contribution is 0.293. The molecule has 0 saturated carbocycles. The van der Waals surface area contributed by atoms with Crippen molar-refractivity contribution in [3.63, 3.8) is 0 Å². The summed E-state index contributed by atoms with van der Waals surface area (Å²) >= 11 is 0. The van der Waals surface area contributed by atoms with E-state index in [1.165, 1.54) is 4.68 Å². The van der Waals surface area contributed by atoms with Gasteiger partial charge >= 0.3 is 0 Å². The molecule has 1 aromatic rings. The predicted molar refractivity (Wildman–Crippen MR) is 46.5 cm³/mol. The Balaban J connectivity index is 3.38. The summed E-state index contributed by atoms with van der Waals surface area (Å²) in [5, 5.41) is 12.0. The molecule has 0 radical (unpaired) electrons. The lowest BCUT2D eigenvalue weighted by Gasteiger charge is -2.20. The molecule has 0 spiro atoms. The third-order valence-electron chi connectivity index (χ3n) is 1.77. The molecule has 4 nitrogen and oxygen atoms in total. The van der Waals surface area contributed by atoms with Crippen LogP contribution in [0.15, 0.2) is 4.79 Å². The van der Waals surface area contributed by atoms with Crippen molar-refractivity contribution in [2.45, 2.75) is 33.2 Å². The molecule has 0 amide bonds. The van der Waals surface area contributed by atoms with Gasteiger partial charge < -0.3 is 5.11 Å². The SMILES string of the molecule is Cc1c(O)n(C(C)(C)C)[nH]c1=O. The Bertz CT molecular complexity index is 341. The number of aromatic amines is 1. The summed E-state index contributed by atoms with van der Waals surface area (Å²) in [6.45, 7) is 7.31. The van der Waals surface area contributed by atoms with E-state index in [0.29, 0.717) is 5.56 Å². The van der Waals surface area contributed by atoms with E-state index in [9.17, 15) is 9.90 Å². The quantitative estimate of drug-likeness (QED) is 0.609. The summed E-state index contributed by atoms with van der Waals surface area (Å²) in [6.07, 6.45) is 0. The standard InChI is InChI=1S/C8H14N2O2/c1-5-6(11)9-10(7(5)12)8(2,3)4/h12H,1-4H3,(H,9,11). The van der Waals surface area contributed by atoms with Gasteiger partial charge in [0.25, 0.3) is 5.56 Å². The molecule has 1 heterocycles. The first-order valence-corrected chi connectivity index (χ1v) is 3.85. The average molecular weight is 170 g/mol. The molecule has 0 unspecified atom stereocenters. The van der Waals surface area contributed by atoms with Crippen molar-refractivity contribution in [3.8, 4) is 5.88 Å². The number of nitrogens with one attached hydrogen (secondary N) is 1. The highest BCUT2D eigenvalue weighted by Crippen LogP contribution is 2.20. The monoisotopic (exact) mass is 170 g/mol. The summed E-state index contributed by atoms with van der Waals surface area (Å²) in [5.74, 6) is 0.0208. The van der Waals surface area contributed by atoms with E-state index in [-0.39, 0.29) is 17.0 Å². The van der Waals surface area contributed by atoms with Crippen LogP contribution in [-0.4, -0.2) is 14.9 Å². The summed E-state index contributed by atoms with van der Waals surface area (Å²) in [5.41, 5.74) is -0.162. The maximum Gasteiger partial charge on any atom is 0.270 e. The molecule has 4 heteroatoms. The second-order valence-corrected chi connectivity index (χ2v) is 3.90. The van der Waals surface area contributed by atoms with Crippen molar-refractivity contribution < 1.29 is 5.11 Å². The van der Waals surface area contributed by atoms with Gasteiger partial charge in [0.2, 0.25) is 5.88 Å². The van der Waals surface area contributed by atoms with Crippen LogP contribution in [0, 0.1) is 6.92 Å². The van der Waals surface area contributed by atoms with Crippen molar-refractivity contribution >= 4 is 0 Å². The van der Waals surface area contributed by atoms with E-state index in [4.69, 9.17) is 0 Å². The van der Waals surface area contributed by atoms with Gasteiger partial charge in [-0.2, -0.15) is 0 Å². The van der Waals surface area contributed by atoms with Crippen LogP contribution in [0.25, 0.3) is 0 Å². The van der Waals surface area contributed by atoms with Gasteiger partial charge in [-0.25, -0.2) is 4.68 Å². The second-order valence-electron chi connectivity index (χ2n) is 3.90. The number of nitrogens with zero attached hydrogens (tertiary/aromatic N) is 1. The Morgan fingerprint density at radius 2 is 1.92 bits per heavy atom. The first kappa shape index (κ1) is 8.90. The maximum absolute atomic E-state index is 11.1. The molecule has 12 heavy (non-hydrogen) atoms. The van der Waals surface area contributed by atoms with Crippen LogP contribution in [0.2, 0.25) is 0 Å². The molecule has 0 atom stereocenters. The molecule has 2 N–H and O–H groups in total. The second kappa shape index (κ2) is 2.40. The highest BCUT2D eigenvalue weighted by molar-refractivity contribution is 5.21. The zero-order valence-corrected chi connectivity index (χ0v) is 7.80. The zero-order chi connectivity index (χ0) is 9.52. The van der Waals surface area contributed by atoms with Gasteiger partial charge in [-0.1, -0.05) is 0 Å². The van der Waals surface area contributed by atoms with Gasteiger partial charge in [0.15, 0.2) is 0 Å². The van der Waals surface area contributed by atoms with Gasteiger partial charge in [0.05, 0.1) is 11.1 Å². The van der Waals surface area contributed by atoms with Gasteiger partial charge in [-0.3, -0.25) is 9.89 Å². The normalized spacial score (nSPS) is 12.0. The smallest absolute Gasteiger partial charge is 0.270 e. The third-order valence-corrected chi connectivity index (χ3v) is 1.77. The molecule has 0 aliphatic carbocycles. The summed E-state index contributed by atoms with van der Waals surface area (Å²) < 4.78 is 1.46. The number of aromatic nitrogens is 2. The largest absolute Gasteiger partial charge is 0.493 e. The number of hydrogen-bond donors (Lipinski definition) is 2. The summed E-state index contributed by atoms with van der Waals surface area (Å²) in [6, 6.07) is 0. The molecule has 68 valence electrons. The van der Waals surface area contributed by atoms with E-state index in [1.807, 2.05) is 20.8 Å². The molecule has 0 aromatic carbocycles. The van der Waals surface area contributed by atoms with Crippen molar-refractivity contribution in [1.29, 1.82) is 0 Å². The molecule has 0 bridgehead atoms. The summed E-state index contributed by atoms with van der Waals surface area (Å²) in [7, 11) is 0. The highest BCUT2D eigenvalue weighted by Gasteiger charge is 2.19. The van der Waals surface area contributed by atoms with Crippen molar-refractivity contribution in [2.75, 3.05) is 0 Å². The molecule has 0 aliphatic rings. The van der Waals surface area contributed by atoms with Crippen LogP contribution in [-0.2, 0) is 5.54 Å². The average Bonchev–Trinajstić information content (AvgIpc) is 2.15. The highest BCUT2D eigenvalue weighted by atomic mass is 16.3. The van der Waals surface area contributed by atoms with Crippen molar-refractivity contribution in [1.82, 2.24) is 9.78 Å². The fraction of sp³-hybridized carbons (Fsp3) is 0.625. The fourth-order valence-electron chi connectivity index (χ4n) is 0.993. The lowest BCUT2D eigenvalue weighted by Crippen LogP contribution is -2.24. The maximum atomic E-state index is 11.1. The Hall–Kier alpha value is -1.19. The number of H-pyrrole nitrogens is 1. The Labute approximate surface area is 70.8 Å². The molecule has 1 rings (SSSR count). The molecule has 0 saturated heterocycles. The minimum absolute atomic E-state index is 0.0208. The Morgan fingerprint density at radius 3 is 2.08 bits per heavy atom. The zero-order valence-electron chi connectivity index (χ0n) is 7.80. The molecular weight excluding hydrogens is 156 g/mol. The van der Waals surface area contributed by atoms with E-state index >= 15 is 0 Å². The first-order chi connectivity index (χ1) is 5.34. The van der Waals surface area contributed by atoms with Gasteiger partial charge in [-0.15, -0.1) is 0 Å². The molecule has 0 aliphatic heterocycles. The Morgan fingerprint density at radius 1 is 1.42 bits per heavy atom. The van der Waals surface area contributed by atoms with Gasteiger partial charge in [0.1, 0.15) is 0 Å². The van der Waals surface area contributed by atoms with Crippen LogP contribution in [0.5, 0.6) is 5.88 Å². The van der Waals surface area contributed by atoms with E-state index in [1.54, 1.807) is 6.92 Å². The van der Waals surface area contributed by atoms with Gasteiger partial charge in [-0.05, 0) is 27.7 Å². The molecule has 0 fully saturated rings. The number of hydrogen-bond acceptors (Lipinski definition) is 2. The van der Waals surface area contributed by atoms with Gasteiger partial charge in [0, 0.05) is 0 Å². The Kier molecular flexibility index (Phi) is 1.78. The van der Waals surface area contributed by atoms with Crippen LogP contribution >= 0.6 is 0 Å². The number of aromatic hydroxyl groups is 1. The first-order valence-electron chi connectivity index (χ1n) is 3.85. The van der Waals surface area contributed by atoms with Crippen molar-refractivity contribution in [3.05, 3.63) is 15.9 Å². The van der Waals surface area contributed by atoms with Crippen LogP contribution in [0.4, 0.5) is 0 Å². The molecule has 1 aromatic heterocycles. The van der Waals surface area contributed by atoms with E-state index < -0.39 is 0 Å². The predicted octanol–water partition coefficient (Wildman–Crippen LogP) is 0.945. The van der Waals surface area contributed by atoms with E-state index in [0.717, 1.165) is 0 Å². The van der Waals surface area contributed by atoms with Crippen LogP contribution in [0.3, 0.4) is 0 Å².